The lowest BCUT2D eigenvalue weighted by Crippen LogP contribution is -2.55. The first kappa shape index (κ1) is 23.9. The number of rotatable bonds is 5. The average Bonchev–Trinajstić information content (AvgIpc) is 3.12. The summed E-state index contributed by atoms with van der Waals surface area (Å²) in [5, 5.41) is -0.166. The van der Waals surface area contributed by atoms with Crippen LogP contribution in [0.4, 0.5) is 13.2 Å². The van der Waals surface area contributed by atoms with Crippen molar-refractivity contribution >= 4 is 29.1 Å². The van der Waals surface area contributed by atoms with Gasteiger partial charge in [0, 0.05) is 25.3 Å². The number of imidazole rings is 1. The maximum absolute atomic E-state index is 13.7. The van der Waals surface area contributed by atoms with Crippen LogP contribution in [0, 0.1) is 0 Å². The summed E-state index contributed by atoms with van der Waals surface area (Å²) in [6, 6.07) is 1.29. The number of nitrogens with zero attached hydrogens (tertiary/aromatic N) is 4. The lowest BCUT2D eigenvalue weighted by Gasteiger charge is -2.40. The van der Waals surface area contributed by atoms with E-state index in [0.717, 1.165) is 49.0 Å². The maximum Gasteiger partial charge on any atom is 0.419 e. The number of halogens is 4. The predicted molar refractivity (Wildman–Crippen MR) is 118 cm³/mol. The molecule has 2 aromatic heterocycles. The van der Waals surface area contributed by atoms with Crippen molar-refractivity contribution in [3.8, 4) is 0 Å². The molecule has 3 heterocycles. The molecule has 180 valence electrons. The number of carbonyl (C=O) groups is 2. The molecule has 0 aromatic carbocycles. The fourth-order valence-corrected chi connectivity index (χ4v) is 5.08. The van der Waals surface area contributed by atoms with Gasteiger partial charge in [0.1, 0.15) is 11.7 Å². The van der Waals surface area contributed by atoms with E-state index >= 15 is 0 Å². The number of piperazine rings is 1. The van der Waals surface area contributed by atoms with Gasteiger partial charge in [-0.25, -0.2) is 4.98 Å². The third kappa shape index (κ3) is 4.83. The summed E-state index contributed by atoms with van der Waals surface area (Å²) in [5.74, 6) is -0.761. The first-order chi connectivity index (χ1) is 15.7. The molecule has 4 rings (SSSR count). The van der Waals surface area contributed by atoms with Crippen molar-refractivity contribution in [2.45, 2.75) is 70.5 Å². The summed E-state index contributed by atoms with van der Waals surface area (Å²) >= 11 is 6.38. The Hall–Kier alpha value is -2.29. The van der Waals surface area contributed by atoms with Crippen LogP contribution >= 0.6 is 11.6 Å². The van der Waals surface area contributed by atoms with Gasteiger partial charge in [-0.2, -0.15) is 13.2 Å². The zero-order chi connectivity index (χ0) is 23.8. The van der Waals surface area contributed by atoms with Crippen LogP contribution in [-0.4, -0.2) is 56.7 Å². The van der Waals surface area contributed by atoms with Crippen LogP contribution in [0.1, 0.15) is 73.5 Å². The summed E-state index contributed by atoms with van der Waals surface area (Å²) < 4.78 is 42.4. The number of alkyl halides is 3. The molecule has 0 spiro atoms. The predicted octanol–water partition coefficient (Wildman–Crippen LogP) is 4.97. The van der Waals surface area contributed by atoms with Gasteiger partial charge >= 0.3 is 6.18 Å². The molecule has 0 radical (unpaired) electrons. The molecule has 0 bridgehead atoms. The lowest BCUT2D eigenvalue weighted by atomic mass is 9.93. The number of fused-ring (bicyclic) bond motifs is 1. The molecular formula is C23H28ClF3N4O2. The summed E-state index contributed by atoms with van der Waals surface area (Å²) in [4.78, 5) is 33.1. The van der Waals surface area contributed by atoms with Crippen LogP contribution in [0.2, 0.25) is 5.15 Å². The lowest BCUT2D eigenvalue weighted by molar-refractivity contribution is -0.138. The molecule has 6 nitrogen and oxygen atoms in total. The van der Waals surface area contributed by atoms with Gasteiger partial charge in [0.2, 0.25) is 5.91 Å². The van der Waals surface area contributed by atoms with Gasteiger partial charge in [-0.3, -0.25) is 14.0 Å². The summed E-state index contributed by atoms with van der Waals surface area (Å²) in [6.07, 6.45) is 4.21. The van der Waals surface area contributed by atoms with Crippen LogP contribution < -0.4 is 0 Å². The molecule has 1 saturated heterocycles. The number of amides is 2. The molecule has 2 amide bonds. The second kappa shape index (κ2) is 9.52. The molecule has 2 fully saturated rings. The van der Waals surface area contributed by atoms with Crippen molar-refractivity contribution in [1.29, 1.82) is 0 Å². The quantitative estimate of drug-likeness (QED) is 0.602. The van der Waals surface area contributed by atoms with E-state index in [9.17, 15) is 22.8 Å². The highest BCUT2D eigenvalue weighted by Crippen LogP contribution is 2.35. The van der Waals surface area contributed by atoms with E-state index in [1.807, 2.05) is 11.8 Å². The van der Waals surface area contributed by atoms with Crippen molar-refractivity contribution in [3.05, 3.63) is 34.2 Å². The maximum atomic E-state index is 13.7. The highest BCUT2D eigenvalue weighted by atomic mass is 35.5. The number of carbonyl (C=O) groups excluding carboxylic acids is 2. The van der Waals surface area contributed by atoms with E-state index in [4.69, 9.17) is 11.6 Å². The Kier molecular flexibility index (Phi) is 6.88. The largest absolute Gasteiger partial charge is 0.419 e. The Morgan fingerprint density at radius 1 is 1.21 bits per heavy atom. The van der Waals surface area contributed by atoms with Gasteiger partial charge in [0.15, 0.2) is 11.3 Å². The van der Waals surface area contributed by atoms with E-state index in [1.54, 1.807) is 0 Å². The molecule has 10 heteroatoms. The van der Waals surface area contributed by atoms with E-state index in [1.165, 1.54) is 17.5 Å². The van der Waals surface area contributed by atoms with Crippen molar-refractivity contribution in [3.63, 3.8) is 0 Å². The smallest absolute Gasteiger partial charge is 0.336 e. The number of hydrogen-bond acceptors (Lipinski definition) is 3. The molecular weight excluding hydrogens is 457 g/mol. The van der Waals surface area contributed by atoms with Crippen LogP contribution in [0.5, 0.6) is 0 Å². The Morgan fingerprint density at radius 2 is 1.94 bits per heavy atom. The highest BCUT2D eigenvalue weighted by molar-refractivity contribution is 6.33. The topological polar surface area (TPSA) is 57.9 Å². The standard InChI is InChI=1S/C23H28ClF3N4O2/c1-2-3-7-15-12-17(23(25,26)27)21-28-19(20(24)31(21)13-15)22(33)29-10-11-30(18(32)14-29)16-8-5-4-6-9-16/h12-13,16H,2-11,14H2,1H3. The Balaban J connectivity index is 1.61. The fraction of sp³-hybridized carbons (Fsp3) is 0.609. The Morgan fingerprint density at radius 3 is 2.58 bits per heavy atom. The van der Waals surface area contributed by atoms with Gasteiger partial charge in [-0.1, -0.05) is 44.2 Å². The molecule has 0 atom stereocenters. The minimum Gasteiger partial charge on any atom is -0.336 e. The highest BCUT2D eigenvalue weighted by Gasteiger charge is 2.38. The Bertz CT molecular complexity index is 1050. The molecule has 2 aliphatic rings. The minimum atomic E-state index is -4.64. The third-order valence-corrected chi connectivity index (χ3v) is 6.97. The third-order valence-electron chi connectivity index (χ3n) is 6.61. The number of unbranched alkanes of at least 4 members (excludes halogenated alkanes) is 1. The molecule has 1 aliphatic heterocycles. The van der Waals surface area contributed by atoms with E-state index in [0.29, 0.717) is 25.1 Å². The van der Waals surface area contributed by atoms with Gasteiger partial charge in [-0.15, -0.1) is 0 Å². The van der Waals surface area contributed by atoms with Crippen LogP contribution in [-0.2, 0) is 17.4 Å². The first-order valence-corrected chi connectivity index (χ1v) is 11.9. The van der Waals surface area contributed by atoms with Crippen molar-refractivity contribution in [1.82, 2.24) is 19.2 Å². The van der Waals surface area contributed by atoms with Crippen molar-refractivity contribution < 1.29 is 22.8 Å². The van der Waals surface area contributed by atoms with E-state index in [2.05, 4.69) is 4.98 Å². The van der Waals surface area contributed by atoms with Crippen LogP contribution in [0.25, 0.3) is 5.65 Å². The molecule has 1 aliphatic carbocycles. The van der Waals surface area contributed by atoms with E-state index < -0.39 is 23.3 Å². The number of aromatic nitrogens is 2. The molecule has 33 heavy (non-hydrogen) atoms. The fourth-order valence-electron chi connectivity index (χ4n) is 4.82. The van der Waals surface area contributed by atoms with Gasteiger partial charge in [0.05, 0.1) is 5.56 Å². The van der Waals surface area contributed by atoms with Gasteiger partial charge in [-0.05, 0) is 37.3 Å². The zero-order valence-corrected chi connectivity index (χ0v) is 19.4. The van der Waals surface area contributed by atoms with E-state index in [-0.39, 0.29) is 29.3 Å². The SMILES string of the molecule is CCCCc1cc(C(F)(F)F)c2nc(C(=O)N3CCN(C4CCCCC4)C(=O)C3)c(Cl)n2c1. The normalized spacial score (nSPS) is 18.4. The Labute approximate surface area is 195 Å². The summed E-state index contributed by atoms with van der Waals surface area (Å²) in [7, 11) is 0. The number of pyridine rings is 1. The van der Waals surface area contributed by atoms with Crippen LogP contribution in [0.15, 0.2) is 12.3 Å². The number of hydrogen-bond donors (Lipinski definition) is 0. The zero-order valence-electron chi connectivity index (χ0n) is 18.6. The molecule has 2 aromatic rings. The van der Waals surface area contributed by atoms with Crippen molar-refractivity contribution in [2.75, 3.05) is 19.6 Å². The second-order valence-corrected chi connectivity index (χ2v) is 9.27. The van der Waals surface area contributed by atoms with Crippen LogP contribution in [0.3, 0.4) is 0 Å². The van der Waals surface area contributed by atoms with Gasteiger partial charge in [0.25, 0.3) is 5.91 Å². The second-order valence-electron chi connectivity index (χ2n) is 8.91. The molecule has 0 unspecified atom stereocenters. The van der Waals surface area contributed by atoms with Crippen molar-refractivity contribution in [2.24, 2.45) is 0 Å². The first-order valence-electron chi connectivity index (χ1n) is 11.6. The summed E-state index contributed by atoms with van der Waals surface area (Å²) in [5.41, 5.74) is -1.10. The number of aryl methyl sites for hydroxylation is 1. The molecule has 0 N–H and O–H groups in total. The molecule has 1 saturated carbocycles. The summed E-state index contributed by atoms with van der Waals surface area (Å²) in [6.45, 7) is 2.56. The van der Waals surface area contributed by atoms with Gasteiger partial charge < -0.3 is 9.80 Å². The minimum absolute atomic E-state index is 0.118. The monoisotopic (exact) mass is 484 g/mol. The average molecular weight is 485 g/mol.